The van der Waals surface area contributed by atoms with Gasteiger partial charge in [0.25, 0.3) is 0 Å². The van der Waals surface area contributed by atoms with Gasteiger partial charge in [-0.1, -0.05) is 32.9 Å². The van der Waals surface area contributed by atoms with Gasteiger partial charge in [0, 0.05) is 18.2 Å². The van der Waals surface area contributed by atoms with Crippen LogP contribution in [-0.4, -0.2) is 16.6 Å². The highest BCUT2D eigenvalue weighted by Crippen LogP contribution is 2.31. The van der Waals surface area contributed by atoms with Gasteiger partial charge < -0.3 is 15.8 Å². The van der Waals surface area contributed by atoms with E-state index in [1.54, 1.807) is 24.4 Å². The number of halogens is 1. The number of nitrogens with one attached hydrogen (secondary N) is 1. The minimum Gasteiger partial charge on any atom is -0.487 e. The average Bonchev–Trinajstić information content (AvgIpc) is 2.51. The molecule has 1 heterocycles. The van der Waals surface area contributed by atoms with Crippen LogP contribution in [0, 0.1) is 11.2 Å². The summed E-state index contributed by atoms with van der Waals surface area (Å²) in [7, 11) is 0. The fourth-order valence-electron chi connectivity index (χ4n) is 3.46. The maximum Gasteiger partial charge on any atom is 0.312 e. The Hall–Kier alpha value is -2.63. The Morgan fingerprint density at radius 1 is 1.22 bits per heavy atom. The summed E-state index contributed by atoms with van der Waals surface area (Å²) in [6, 6.07) is 9.32. The molecule has 0 bridgehead atoms. The van der Waals surface area contributed by atoms with Crippen molar-refractivity contribution in [1.82, 2.24) is 10.3 Å². The maximum atomic E-state index is 13.4. The Morgan fingerprint density at radius 2 is 1.96 bits per heavy atom. The molecule has 2 amide bonds. The molecule has 3 N–H and O–H groups in total. The molecule has 0 radical (unpaired) electrons. The summed E-state index contributed by atoms with van der Waals surface area (Å²) in [6.45, 7) is 8.50. The third-order valence-electron chi connectivity index (χ3n) is 4.03. The first kappa shape index (κ1) is 20.7. The number of aromatic nitrogens is 1. The molecule has 2 rings (SSSR count). The van der Waals surface area contributed by atoms with Crippen LogP contribution >= 0.6 is 0 Å². The third-order valence-corrected chi connectivity index (χ3v) is 4.03. The Kier molecular flexibility index (Phi) is 6.41. The summed E-state index contributed by atoms with van der Waals surface area (Å²) in [6.07, 6.45) is 2.86. The van der Waals surface area contributed by atoms with Crippen molar-refractivity contribution in [2.24, 2.45) is 11.1 Å². The zero-order valence-corrected chi connectivity index (χ0v) is 16.4. The molecule has 27 heavy (non-hydrogen) atoms. The first-order chi connectivity index (χ1) is 12.6. The Bertz CT molecular complexity index is 789. The highest BCUT2D eigenvalue weighted by Gasteiger charge is 2.32. The molecule has 0 saturated carbocycles. The quantitative estimate of drug-likeness (QED) is 0.763. The van der Waals surface area contributed by atoms with Crippen LogP contribution in [-0.2, 0) is 13.0 Å². The van der Waals surface area contributed by atoms with Crippen LogP contribution in [0.2, 0.25) is 0 Å². The lowest BCUT2D eigenvalue weighted by molar-refractivity contribution is 0.205. The minimum atomic E-state index is -0.574. The molecule has 0 aliphatic carbocycles. The normalized spacial score (nSPS) is 13.7. The molecule has 1 unspecified atom stereocenters. The molecule has 6 heteroatoms. The number of urea groups is 1. The summed E-state index contributed by atoms with van der Waals surface area (Å²) in [5.41, 5.74) is 6.26. The van der Waals surface area contributed by atoms with Gasteiger partial charge in [0.1, 0.15) is 18.2 Å². The van der Waals surface area contributed by atoms with Gasteiger partial charge in [-0.05, 0) is 48.6 Å². The van der Waals surface area contributed by atoms with Gasteiger partial charge in [-0.25, -0.2) is 9.18 Å². The molecular weight excluding hydrogens is 345 g/mol. The molecule has 1 aromatic heterocycles. The lowest BCUT2D eigenvalue weighted by atomic mass is 9.78. The number of nitrogens with two attached hydrogens (primary N) is 1. The number of nitrogens with zero attached hydrogens (tertiary/aromatic N) is 1. The highest BCUT2D eigenvalue weighted by atomic mass is 19.1. The molecule has 0 spiro atoms. The Morgan fingerprint density at radius 3 is 2.59 bits per heavy atom. The zero-order chi connectivity index (χ0) is 20.1. The molecular formula is C21H28FN3O2. The fraction of sp³-hybridized carbons (Fsp3) is 0.429. The smallest absolute Gasteiger partial charge is 0.312 e. The number of benzene rings is 1. The summed E-state index contributed by atoms with van der Waals surface area (Å²) in [5.74, 6) is 0.305. The second-order valence-electron chi connectivity index (χ2n) is 8.33. The van der Waals surface area contributed by atoms with Crippen LogP contribution in [0.3, 0.4) is 0 Å². The number of primary amides is 1. The van der Waals surface area contributed by atoms with E-state index in [1.807, 2.05) is 13.0 Å². The van der Waals surface area contributed by atoms with Crippen LogP contribution in [0.1, 0.15) is 45.4 Å². The molecule has 0 aliphatic heterocycles. The predicted molar refractivity (Wildman–Crippen MR) is 104 cm³/mol. The Balaban J connectivity index is 2.20. The third kappa shape index (κ3) is 6.89. The summed E-state index contributed by atoms with van der Waals surface area (Å²) in [4.78, 5) is 16.0. The van der Waals surface area contributed by atoms with Gasteiger partial charge >= 0.3 is 6.03 Å². The van der Waals surface area contributed by atoms with Gasteiger partial charge in [-0.15, -0.1) is 0 Å². The predicted octanol–water partition coefficient (Wildman–Crippen LogP) is 4.21. The summed E-state index contributed by atoms with van der Waals surface area (Å²) in [5, 5.41) is 2.86. The average molecular weight is 373 g/mol. The van der Waals surface area contributed by atoms with Crippen LogP contribution in [0.25, 0.3) is 0 Å². The Labute approximate surface area is 160 Å². The van der Waals surface area contributed by atoms with Crippen molar-refractivity contribution in [3.05, 3.63) is 59.7 Å². The van der Waals surface area contributed by atoms with E-state index in [1.165, 1.54) is 12.1 Å². The standard InChI is InChI=1S/C21H28FN3O2/c1-20(2,3)14-21(4,25-19(23)26)12-17-18(9-6-10-24-17)27-13-15-7-5-8-16(22)11-15/h5-11H,12-14H2,1-4H3,(H3,23,25,26). The number of pyridine rings is 1. The van der Waals surface area contributed by atoms with Gasteiger partial charge in [-0.3, -0.25) is 4.98 Å². The van der Waals surface area contributed by atoms with Crippen molar-refractivity contribution in [2.75, 3.05) is 0 Å². The lowest BCUT2D eigenvalue weighted by Crippen LogP contribution is -2.52. The number of hydrogen-bond acceptors (Lipinski definition) is 3. The molecule has 1 atom stereocenters. The summed E-state index contributed by atoms with van der Waals surface area (Å²) >= 11 is 0. The molecule has 0 fully saturated rings. The largest absolute Gasteiger partial charge is 0.487 e. The van der Waals surface area contributed by atoms with Gasteiger partial charge in [-0.2, -0.15) is 0 Å². The van der Waals surface area contributed by atoms with Gasteiger partial charge in [0.2, 0.25) is 0 Å². The van der Waals surface area contributed by atoms with Crippen molar-refractivity contribution in [3.63, 3.8) is 0 Å². The van der Waals surface area contributed by atoms with Crippen molar-refractivity contribution < 1.29 is 13.9 Å². The number of rotatable bonds is 7. The number of amides is 2. The van der Waals surface area contributed by atoms with E-state index >= 15 is 0 Å². The SMILES string of the molecule is CC(C)(C)CC(C)(Cc1ncccc1OCc1cccc(F)c1)NC(N)=O. The van der Waals surface area contributed by atoms with Crippen molar-refractivity contribution in [2.45, 2.75) is 52.7 Å². The van der Waals surface area contributed by atoms with E-state index in [4.69, 9.17) is 10.5 Å². The van der Waals surface area contributed by atoms with Crippen LogP contribution in [0.15, 0.2) is 42.6 Å². The van der Waals surface area contributed by atoms with E-state index in [0.29, 0.717) is 18.6 Å². The number of carbonyl (C=O) groups excluding carboxylic acids is 1. The molecule has 2 aromatic rings. The number of carbonyl (C=O) groups is 1. The van der Waals surface area contributed by atoms with Crippen molar-refractivity contribution in [3.8, 4) is 5.75 Å². The van der Waals surface area contributed by atoms with Crippen LogP contribution in [0.4, 0.5) is 9.18 Å². The van der Waals surface area contributed by atoms with Gasteiger partial charge in [0.05, 0.1) is 5.69 Å². The molecule has 146 valence electrons. The molecule has 1 aromatic carbocycles. The van der Waals surface area contributed by atoms with Gasteiger partial charge in [0.15, 0.2) is 0 Å². The summed E-state index contributed by atoms with van der Waals surface area (Å²) < 4.78 is 19.2. The van der Waals surface area contributed by atoms with Crippen LogP contribution < -0.4 is 15.8 Å². The zero-order valence-electron chi connectivity index (χ0n) is 16.4. The first-order valence-corrected chi connectivity index (χ1v) is 8.95. The topological polar surface area (TPSA) is 77.2 Å². The maximum absolute atomic E-state index is 13.4. The lowest BCUT2D eigenvalue weighted by Gasteiger charge is -2.36. The van der Waals surface area contributed by atoms with E-state index in [-0.39, 0.29) is 17.8 Å². The van der Waals surface area contributed by atoms with E-state index in [9.17, 15) is 9.18 Å². The van der Waals surface area contributed by atoms with Crippen molar-refractivity contribution >= 4 is 6.03 Å². The number of ether oxygens (including phenoxy) is 1. The monoisotopic (exact) mass is 373 g/mol. The second-order valence-corrected chi connectivity index (χ2v) is 8.33. The molecule has 0 saturated heterocycles. The molecule has 5 nitrogen and oxygen atoms in total. The van der Waals surface area contributed by atoms with E-state index in [0.717, 1.165) is 11.3 Å². The fourth-order valence-corrected chi connectivity index (χ4v) is 3.46. The minimum absolute atomic E-state index is 0.0193. The number of hydrogen-bond donors (Lipinski definition) is 2. The van der Waals surface area contributed by atoms with Crippen LogP contribution in [0.5, 0.6) is 5.75 Å². The highest BCUT2D eigenvalue weighted by molar-refractivity contribution is 5.72. The van der Waals surface area contributed by atoms with E-state index < -0.39 is 11.6 Å². The van der Waals surface area contributed by atoms with Crippen molar-refractivity contribution in [1.29, 1.82) is 0 Å². The van der Waals surface area contributed by atoms with E-state index in [2.05, 4.69) is 31.1 Å². The second kappa shape index (κ2) is 8.37. The molecule has 0 aliphatic rings. The first-order valence-electron chi connectivity index (χ1n) is 8.95.